The van der Waals surface area contributed by atoms with E-state index in [-0.39, 0.29) is 11.8 Å². The summed E-state index contributed by atoms with van der Waals surface area (Å²) in [5.41, 5.74) is 1.61. The van der Waals surface area contributed by atoms with Crippen molar-refractivity contribution in [3.63, 3.8) is 0 Å². The molecule has 5 heteroatoms. The van der Waals surface area contributed by atoms with Crippen LogP contribution in [0.3, 0.4) is 0 Å². The van der Waals surface area contributed by atoms with Crippen molar-refractivity contribution in [1.29, 1.82) is 0 Å². The highest BCUT2D eigenvalue weighted by Crippen LogP contribution is 2.28. The molecule has 3 rings (SSSR count). The Morgan fingerprint density at radius 1 is 1.00 bits per heavy atom. The van der Waals surface area contributed by atoms with E-state index in [1.807, 2.05) is 74.5 Å². The topological polar surface area (TPSA) is 56.8 Å². The summed E-state index contributed by atoms with van der Waals surface area (Å²) in [6.07, 6.45) is 0. The molecule has 3 aromatic carbocycles. The number of carbonyl (C=O) groups excluding carboxylic acids is 1. The normalized spacial score (nSPS) is 11.8. The van der Waals surface area contributed by atoms with E-state index in [9.17, 15) is 4.79 Å². The first-order chi connectivity index (χ1) is 14.1. The Bertz CT molecular complexity index is 970. The van der Waals surface area contributed by atoms with Crippen LogP contribution in [-0.2, 0) is 9.53 Å². The molecule has 0 radical (unpaired) electrons. The van der Waals surface area contributed by atoms with Crippen molar-refractivity contribution in [2.24, 2.45) is 0 Å². The summed E-state index contributed by atoms with van der Waals surface area (Å²) in [4.78, 5) is 12.9. The number of para-hydroxylation sites is 2. The molecule has 0 saturated carbocycles. The van der Waals surface area contributed by atoms with Crippen LogP contribution in [0, 0.1) is 0 Å². The summed E-state index contributed by atoms with van der Waals surface area (Å²) in [5.74, 6) is 1.06. The van der Waals surface area contributed by atoms with Gasteiger partial charge in [-0.3, -0.25) is 4.79 Å². The number of methoxy groups -OCH3 is 1. The molecule has 1 N–H and O–H groups in total. The smallest absolute Gasteiger partial charge is 0.231 e. The minimum atomic E-state index is -0.307. The highest BCUT2D eigenvalue weighted by Gasteiger charge is 2.17. The van der Waals surface area contributed by atoms with Gasteiger partial charge in [-0.25, -0.2) is 0 Å². The maximum Gasteiger partial charge on any atom is 0.231 e. The van der Waals surface area contributed by atoms with Crippen LogP contribution in [-0.4, -0.2) is 32.8 Å². The van der Waals surface area contributed by atoms with Crippen LogP contribution < -0.4 is 14.8 Å². The van der Waals surface area contributed by atoms with Crippen LogP contribution in [0.2, 0.25) is 0 Å². The van der Waals surface area contributed by atoms with Gasteiger partial charge in [0.1, 0.15) is 18.1 Å². The second kappa shape index (κ2) is 9.94. The van der Waals surface area contributed by atoms with E-state index < -0.39 is 0 Å². The van der Waals surface area contributed by atoms with Gasteiger partial charge < -0.3 is 19.5 Å². The lowest BCUT2D eigenvalue weighted by Crippen LogP contribution is -2.19. The van der Waals surface area contributed by atoms with Crippen LogP contribution in [0.5, 0.6) is 11.5 Å². The Balaban J connectivity index is 1.71. The molecule has 0 unspecified atom stereocenters. The predicted octanol–water partition coefficient (Wildman–Crippen LogP) is 5.01. The minimum absolute atomic E-state index is 0.0845. The van der Waals surface area contributed by atoms with Gasteiger partial charge in [0.25, 0.3) is 0 Å². The molecule has 1 atom stereocenters. The van der Waals surface area contributed by atoms with Gasteiger partial charge in [-0.2, -0.15) is 0 Å². The predicted molar refractivity (Wildman–Crippen MR) is 116 cm³/mol. The molecule has 0 spiro atoms. The molecule has 0 bridgehead atoms. The van der Waals surface area contributed by atoms with Crippen molar-refractivity contribution in [2.45, 2.75) is 19.8 Å². The Kier molecular flexibility index (Phi) is 7.09. The van der Waals surface area contributed by atoms with Crippen LogP contribution >= 0.6 is 0 Å². The average molecular weight is 393 g/mol. The molecule has 0 aliphatic heterocycles. The lowest BCUT2D eigenvalue weighted by molar-refractivity contribution is -0.117. The fourth-order valence-corrected chi connectivity index (χ4v) is 3.08. The van der Waals surface area contributed by atoms with E-state index in [1.165, 1.54) is 0 Å². The number of fused-ring (bicyclic) bond motifs is 1. The zero-order chi connectivity index (χ0) is 20.6. The molecule has 5 nitrogen and oxygen atoms in total. The van der Waals surface area contributed by atoms with Crippen molar-refractivity contribution < 1.29 is 19.0 Å². The summed E-state index contributed by atoms with van der Waals surface area (Å²) in [7, 11) is 1.65. The molecular formula is C24H27NO4. The number of amides is 1. The Hall–Kier alpha value is -3.05. The molecular weight excluding hydrogens is 366 g/mol. The standard InChI is InChI=1S/C24H27NO4/c1-4-28-13-14-29-23-8-6-5-7-22(23)25-24(26)17(2)18-9-10-20-16-21(27-3)12-11-19(20)15-18/h5-12,15-17H,4,13-14H2,1-3H3,(H,25,26)/t17-/m0/s1. The Morgan fingerprint density at radius 3 is 2.55 bits per heavy atom. The zero-order valence-electron chi connectivity index (χ0n) is 17.1. The highest BCUT2D eigenvalue weighted by atomic mass is 16.5. The molecule has 29 heavy (non-hydrogen) atoms. The summed E-state index contributed by atoms with van der Waals surface area (Å²) in [6.45, 7) is 5.44. The summed E-state index contributed by atoms with van der Waals surface area (Å²) >= 11 is 0. The number of benzene rings is 3. The third-order valence-corrected chi connectivity index (χ3v) is 4.80. The number of hydrogen-bond acceptors (Lipinski definition) is 4. The summed E-state index contributed by atoms with van der Waals surface area (Å²) in [6, 6.07) is 19.4. The van der Waals surface area contributed by atoms with Gasteiger partial charge >= 0.3 is 0 Å². The minimum Gasteiger partial charge on any atom is -0.497 e. The number of ether oxygens (including phenoxy) is 3. The summed E-state index contributed by atoms with van der Waals surface area (Å²) in [5, 5.41) is 5.14. The number of hydrogen-bond donors (Lipinski definition) is 1. The highest BCUT2D eigenvalue weighted by molar-refractivity contribution is 5.97. The lowest BCUT2D eigenvalue weighted by Gasteiger charge is -2.16. The quantitative estimate of drug-likeness (QED) is 0.520. The van der Waals surface area contributed by atoms with E-state index in [2.05, 4.69) is 5.32 Å². The number of nitrogens with one attached hydrogen (secondary N) is 1. The van der Waals surface area contributed by atoms with Crippen molar-refractivity contribution >= 4 is 22.4 Å². The average Bonchev–Trinajstić information content (AvgIpc) is 2.76. The van der Waals surface area contributed by atoms with Crippen LogP contribution in [0.25, 0.3) is 10.8 Å². The molecule has 0 aliphatic carbocycles. The molecule has 3 aromatic rings. The first kappa shape index (κ1) is 20.7. The first-order valence-electron chi connectivity index (χ1n) is 9.80. The molecule has 152 valence electrons. The largest absolute Gasteiger partial charge is 0.497 e. The van der Waals surface area contributed by atoms with Crippen LogP contribution in [0.4, 0.5) is 5.69 Å². The molecule has 0 aromatic heterocycles. The second-order valence-corrected chi connectivity index (χ2v) is 6.73. The molecule has 0 heterocycles. The van der Waals surface area contributed by atoms with Crippen molar-refractivity contribution in [3.05, 3.63) is 66.2 Å². The van der Waals surface area contributed by atoms with Gasteiger partial charge in [-0.1, -0.05) is 36.4 Å². The van der Waals surface area contributed by atoms with E-state index in [0.29, 0.717) is 31.3 Å². The monoisotopic (exact) mass is 393 g/mol. The third kappa shape index (κ3) is 5.27. The van der Waals surface area contributed by atoms with Gasteiger partial charge in [0, 0.05) is 6.61 Å². The fourth-order valence-electron chi connectivity index (χ4n) is 3.08. The van der Waals surface area contributed by atoms with Crippen molar-refractivity contribution in [3.8, 4) is 11.5 Å². The van der Waals surface area contributed by atoms with Gasteiger partial charge in [-0.05, 0) is 54.4 Å². The second-order valence-electron chi connectivity index (χ2n) is 6.73. The van der Waals surface area contributed by atoms with Crippen molar-refractivity contribution in [2.75, 3.05) is 32.2 Å². The van der Waals surface area contributed by atoms with Gasteiger partial charge in [0.2, 0.25) is 5.91 Å². The van der Waals surface area contributed by atoms with E-state index in [1.54, 1.807) is 7.11 Å². The van der Waals surface area contributed by atoms with Crippen molar-refractivity contribution in [1.82, 2.24) is 0 Å². The third-order valence-electron chi connectivity index (χ3n) is 4.80. The Morgan fingerprint density at radius 2 is 1.76 bits per heavy atom. The fraction of sp³-hybridized carbons (Fsp3) is 0.292. The molecule has 0 fully saturated rings. The lowest BCUT2D eigenvalue weighted by atomic mass is 9.97. The first-order valence-corrected chi connectivity index (χ1v) is 9.80. The summed E-state index contributed by atoms with van der Waals surface area (Å²) < 4.78 is 16.3. The van der Waals surface area contributed by atoms with Gasteiger partial charge in [0.15, 0.2) is 0 Å². The number of carbonyl (C=O) groups is 1. The number of anilines is 1. The number of rotatable bonds is 9. The maximum atomic E-state index is 12.9. The Labute approximate surface area is 171 Å². The van der Waals surface area contributed by atoms with E-state index >= 15 is 0 Å². The van der Waals surface area contributed by atoms with Gasteiger partial charge in [0.05, 0.1) is 25.3 Å². The van der Waals surface area contributed by atoms with Crippen LogP contribution in [0.15, 0.2) is 60.7 Å². The molecule has 0 aliphatic rings. The van der Waals surface area contributed by atoms with Crippen LogP contribution in [0.1, 0.15) is 25.3 Å². The van der Waals surface area contributed by atoms with E-state index in [4.69, 9.17) is 14.2 Å². The maximum absolute atomic E-state index is 12.9. The van der Waals surface area contributed by atoms with E-state index in [0.717, 1.165) is 22.1 Å². The molecule has 0 saturated heterocycles. The van der Waals surface area contributed by atoms with Gasteiger partial charge in [-0.15, -0.1) is 0 Å². The zero-order valence-corrected chi connectivity index (χ0v) is 17.1. The SMILES string of the molecule is CCOCCOc1ccccc1NC(=O)[C@@H](C)c1ccc2cc(OC)ccc2c1. The molecule has 1 amide bonds.